The van der Waals surface area contributed by atoms with E-state index >= 15 is 0 Å². The second-order valence-electron chi connectivity index (χ2n) is 4.44. The normalized spacial score (nSPS) is 13.8. The first-order valence-electron chi connectivity index (χ1n) is 6.17. The summed E-state index contributed by atoms with van der Waals surface area (Å²) in [6.45, 7) is 6.50. The molecule has 0 radical (unpaired) electrons. The summed E-state index contributed by atoms with van der Waals surface area (Å²) < 4.78 is 26.0. The molecule has 5 heteroatoms. The first-order valence-corrected chi connectivity index (χ1v) is 7.67. The summed E-state index contributed by atoms with van der Waals surface area (Å²) in [5.41, 5.74) is 7.61. The first kappa shape index (κ1) is 15.1. The number of rotatable bonds is 6. The fraction of sp³-hybridized carbons (Fsp3) is 0.538. The predicted octanol–water partition coefficient (Wildman–Crippen LogP) is 1.49. The molecule has 18 heavy (non-hydrogen) atoms. The molecule has 0 amide bonds. The quantitative estimate of drug-likeness (QED) is 0.852. The van der Waals surface area contributed by atoms with E-state index in [-0.39, 0.29) is 6.54 Å². The minimum absolute atomic E-state index is 0.145. The van der Waals surface area contributed by atoms with Crippen molar-refractivity contribution in [1.82, 2.24) is 4.31 Å². The Morgan fingerprint density at radius 3 is 2.44 bits per heavy atom. The van der Waals surface area contributed by atoms with Crippen molar-refractivity contribution < 1.29 is 8.42 Å². The second kappa shape index (κ2) is 6.31. The summed E-state index contributed by atoms with van der Waals surface area (Å²) >= 11 is 0. The molecule has 0 fully saturated rings. The van der Waals surface area contributed by atoms with Crippen molar-refractivity contribution in [2.75, 3.05) is 13.1 Å². The van der Waals surface area contributed by atoms with Crippen LogP contribution in [0.25, 0.3) is 0 Å². The van der Waals surface area contributed by atoms with Gasteiger partial charge >= 0.3 is 0 Å². The first-order chi connectivity index (χ1) is 8.43. The third-order valence-electron chi connectivity index (χ3n) is 3.16. The predicted molar refractivity (Wildman–Crippen MR) is 74.7 cm³/mol. The molecule has 0 aliphatic carbocycles. The SMILES string of the molecule is CCN(Cc1ccccc1C)S(=O)(=O)C(C)CN. The largest absolute Gasteiger partial charge is 0.329 e. The van der Waals surface area contributed by atoms with E-state index in [1.54, 1.807) is 6.92 Å². The number of benzene rings is 1. The van der Waals surface area contributed by atoms with Crippen LogP contribution in [0.1, 0.15) is 25.0 Å². The monoisotopic (exact) mass is 270 g/mol. The smallest absolute Gasteiger partial charge is 0.218 e. The minimum atomic E-state index is -3.31. The lowest BCUT2D eigenvalue weighted by molar-refractivity contribution is 0.416. The zero-order valence-corrected chi connectivity index (χ0v) is 12.1. The molecule has 1 unspecified atom stereocenters. The Labute approximate surface area is 110 Å². The zero-order chi connectivity index (χ0) is 13.8. The molecule has 1 aromatic rings. The van der Waals surface area contributed by atoms with Gasteiger partial charge in [0.2, 0.25) is 10.0 Å². The molecule has 1 rings (SSSR count). The van der Waals surface area contributed by atoms with Crippen LogP contribution < -0.4 is 5.73 Å². The van der Waals surface area contributed by atoms with Crippen molar-refractivity contribution in [3.05, 3.63) is 35.4 Å². The van der Waals surface area contributed by atoms with E-state index in [2.05, 4.69) is 0 Å². The van der Waals surface area contributed by atoms with Crippen LogP contribution in [0, 0.1) is 6.92 Å². The van der Waals surface area contributed by atoms with E-state index < -0.39 is 15.3 Å². The highest BCUT2D eigenvalue weighted by atomic mass is 32.2. The van der Waals surface area contributed by atoms with Gasteiger partial charge in [-0.1, -0.05) is 31.2 Å². The lowest BCUT2D eigenvalue weighted by Crippen LogP contribution is -2.40. The summed E-state index contributed by atoms with van der Waals surface area (Å²) in [5, 5.41) is -0.540. The van der Waals surface area contributed by atoms with Crippen LogP contribution in [0.4, 0.5) is 0 Å². The van der Waals surface area contributed by atoms with Crippen LogP contribution in [0.15, 0.2) is 24.3 Å². The highest BCUT2D eigenvalue weighted by Crippen LogP contribution is 2.15. The van der Waals surface area contributed by atoms with Crippen molar-refractivity contribution in [1.29, 1.82) is 0 Å². The minimum Gasteiger partial charge on any atom is -0.329 e. The number of aryl methyl sites for hydroxylation is 1. The average molecular weight is 270 g/mol. The summed E-state index contributed by atoms with van der Waals surface area (Å²) in [6, 6.07) is 7.82. The molecule has 102 valence electrons. The van der Waals surface area contributed by atoms with Gasteiger partial charge in [-0.05, 0) is 25.0 Å². The van der Waals surface area contributed by atoms with Crippen molar-refractivity contribution in [2.24, 2.45) is 5.73 Å². The number of hydrogen-bond acceptors (Lipinski definition) is 3. The van der Waals surface area contributed by atoms with Gasteiger partial charge in [-0.3, -0.25) is 0 Å². The summed E-state index contributed by atoms with van der Waals surface area (Å²) in [4.78, 5) is 0. The Balaban J connectivity index is 2.96. The molecule has 0 aliphatic rings. The summed E-state index contributed by atoms with van der Waals surface area (Å²) in [7, 11) is -3.31. The third-order valence-corrected chi connectivity index (χ3v) is 5.48. The average Bonchev–Trinajstić information content (AvgIpc) is 2.36. The van der Waals surface area contributed by atoms with Gasteiger partial charge < -0.3 is 5.73 Å². The molecular weight excluding hydrogens is 248 g/mol. The van der Waals surface area contributed by atoms with Crippen LogP contribution in [0.5, 0.6) is 0 Å². The van der Waals surface area contributed by atoms with E-state index in [0.29, 0.717) is 13.1 Å². The number of nitrogens with two attached hydrogens (primary N) is 1. The van der Waals surface area contributed by atoms with E-state index in [4.69, 9.17) is 5.73 Å². The van der Waals surface area contributed by atoms with E-state index in [1.807, 2.05) is 38.1 Å². The molecule has 0 heterocycles. The number of hydrogen-bond donors (Lipinski definition) is 1. The topological polar surface area (TPSA) is 63.4 Å². The molecule has 2 N–H and O–H groups in total. The molecule has 0 saturated heterocycles. The summed E-state index contributed by atoms with van der Waals surface area (Å²) in [5.74, 6) is 0. The van der Waals surface area contributed by atoms with E-state index in [0.717, 1.165) is 11.1 Å². The van der Waals surface area contributed by atoms with Gasteiger partial charge in [0.15, 0.2) is 0 Å². The van der Waals surface area contributed by atoms with Crippen LogP contribution in [0.2, 0.25) is 0 Å². The van der Waals surface area contributed by atoms with Gasteiger partial charge in [0.1, 0.15) is 0 Å². The van der Waals surface area contributed by atoms with Crippen molar-refractivity contribution in [2.45, 2.75) is 32.6 Å². The maximum atomic E-state index is 12.3. The standard InChI is InChI=1S/C13H22N2O2S/c1-4-15(18(16,17)12(3)9-14)10-13-8-6-5-7-11(13)2/h5-8,12H,4,9-10,14H2,1-3H3. The third kappa shape index (κ3) is 3.31. The van der Waals surface area contributed by atoms with Crippen molar-refractivity contribution in [3.8, 4) is 0 Å². The van der Waals surface area contributed by atoms with Gasteiger partial charge in [-0.25, -0.2) is 8.42 Å². The van der Waals surface area contributed by atoms with Gasteiger partial charge in [-0.2, -0.15) is 4.31 Å². The van der Waals surface area contributed by atoms with Crippen molar-refractivity contribution >= 4 is 10.0 Å². The van der Waals surface area contributed by atoms with Gasteiger partial charge in [0.25, 0.3) is 0 Å². The molecule has 0 saturated carbocycles. The fourth-order valence-corrected chi connectivity index (χ4v) is 3.17. The van der Waals surface area contributed by atoms with Crippen LogP contribution in [-0.2, 0) is 16.6 Å². The highest BCUT2D eigenvalue weighted by Gasteiger charge is 2.26. The Hall–Kier alpha value is -0.910. The lowest BCUT2D eigenvalue weighted by Gasteiger charge is -2.24. The Bertz CT molecular complexity index is 486. The second-order valence-corrected chi connectivity index (χ2v) is 6.80. The molecule has 1 atom stereocenters. The van der Waals surface area contributed by atoms with Crippen LogP contribution >= 0.6 is 0 Å². The number of nitrogens with zero attached hydrogens (tertiary/aromatic N) is 1. The van der Waals surface area contributed by atoms with E-state index in [1.165, 1.54) is 4.31 Å². The van der Waals surface area contributed by atoms with Crippen LogP contribution in [0.3, 0.4) is 0 Å². The molecular formula is C13H22N2O2S. The summed E-state index contributed by atoms with van der Waals surface area (Å²) in [6.07, 6.45) is 0. The van der Waals surface area contributed by atoms with Gasteiger partial charge in [-0.15, -0.1) is 0 Å². The molecule has 0 aromatic heterocycles. The molecule has 0 aliphatic heterocycles. The zero-order valence-electron chi connectivity index (χ0n) is 11.3. The highest BCUT2D eigenvalue weighted by molar-refractivity contribution is 7.89. The molecule has 0 spiro atoms. The van der Waals surface area contributed by atoms with Crippen molar-refractivity contribution in [3.63, 3.8) is 0 Å². The van der Waals surface area contributed by atoms with Gasteiger partial charge in [0, 0.05) is 19.6 Å². The van der Waals surface area contributed by atoms with Crippen LogP contribution in [-0.4, -0.2) is 31.1 Å². The Morgan fingerprint density at radius 1 is 1.33 bits per heavy atom. The number of sulfonamides is 1. The molecule has 4 nitrogen and oxygen atoms in total. The molecule has 0 bridgehead atoms. The Kier molecular flexibility index (Phi) is 5.31. The van der Waals surface area contributed by atoms with Gasteiger partial charge in [0.05, 0.1) is 5.25 Å². The maximum Gasteiger partial charge on any atom is 0.218 e. The maximum absolute atomic E-state index is 12.3. The fourth-order valence-electron chi connectivity index (χ4n) is 1.74. The lowest BCUT2D eigenvalue weighted by atomic mass is 10.1. The Morgan fingerprint density at radius 2 is 1.94 bits per heavy atom. The molecule has 1 aromatic carbocycles. The van der Waals surface area contributed by atoms with E-state index in [9.17, 15) is 8.42 Å².